The van der Waals surface area contributed by atoms with Crippen LogP contribution in [0.4, 0.5) is 23.1 Å². The van der Waals surface area contributed by atoms with Gasteiger partial charge in [-0.1, -0.05) is 30.3 Å². The summed E-state index contributed by atoms with van der Waals surface area (Å²) in [6.45, 7) is 6.66. The van der Waals surface area contributed by atoms with E-state index in [1.165, 1.54) is 6.20 Å². The van der Waals surface area contributed by atoms with Gasteiger partial charge in [0, 0.05) is 56.7 Å². The topological polar surface area (TPSA) is 116 Å². The molecule has 1 aliphatic rings. The Morgan fingerprint density at radius 1 is 1.00 bits per heavy atom. The summed E-state index contributed by atoms with van der Waals surface area (Å²) in [7, 11) is 0. The second-order valence-electron chi connectivity index (χ2n) is 8.26. The Hall–Kier alpha value is -4.14. The zero-order chi connectivity index (χ0) is 24.1. The molecule has 0 spiro atoms. The van der Waals surface area contributed by atoms with Crippen molar-refractivity contribution < 1.29 is 9.59 Å². The van der Waals surface area contributed by atoms with Crippen molar-refractivity contribution in [1.82, 2.24) is 14.9 Å². The summed E-state index contributed by atoms with van der Waals surface area (Å²) in [5.41, 5.74) is 8.74. The Kier molecular flexibility index (Phi) is 6.91. The molecule has 2 heterocycles. The minimum atomic E-state index is -0.594. The van der Waals surface area contributed by atoms with E-state index in [4.69, 9.17) is 5.73 Å². The van der Waals surface area contributed by atoms with Crippen LogP contribution in [-0.4, -0.2) is 52.9 Å². The first-order valence-electron chi connectivity index (χ1n) is 11.3. The summed E-state index contributed by atoms with van der Waals surface area (Å²) >= 11 is 0. The lowest BCUT2D eigenvalue weighted by Crippen LogP contribution is -2.48. The number of piperazine rings is 1. The smallest absolute Gasteiger partial charge is 0.254 e. The van der Waals surface area contributed by atoms with Crippen LogP contribution in [0.3, 0.4) is 0 Å². The van der Waals surface area contributed by atoms with Crippen LogP contribution in [0.5, 0.6) is 0 Å². The van der Waals surface area contributed by atoms with E-state index in [-0.39, 0.29) is 17.5 Å². The molecule has 1 saturated heterocycles. The van der Waals surface area contributed by atoms with Gasteiger partial charge in [-0.3, -0.25) is 9.59 Å². The van der Waals surface area contributed by atoms with Gasteiger partial charge in [0.25, 0.3) is 5.91 Å². The number of hydrogen-bond donors (Lipinski definition) is 3. The molecule has 2 amide bonds. The summed E-state index contributed by atoms with van der Waals surface area (Å²) in [6, 6.07) is 17.8. The zero-order valence-corrected chi connectivity index (χ0v) is 19.4. The summed E-state index contributed by atoms with van der Waals surface area (Å²) in [5.74, 6) is 0.258. The van der Waals surface area contributed by atoms with E-state index in [1.54, 1.807) is 6.92 Å². The molecule has 4 N–H and O–H groups in total. The van der Waals surface area contributed by atoms with Gasteiger partial charge in [0.1, 0.15) is 5.82 Å². The van der Waals surface area contributed by atoms with E-state index < -0.39 is 5.91 Å². The van der Waals surface area contributed by atoms with E-state index >= 15 is 0 Å². The molecule has 9 heteroatoms. The first-order valence-corrected chi connectivity index (χ1v) is 11.3. The third-order valence-electron chi connectivity index (χ3n) is 5.92. The number of amides is 2. The third-order valence-corrected chi connectivity index (χ3v) is 5.92. The molecule has 1 fully saturated rings. The fraction of sp³-hybridized carbons (Fsp3) is 0.280. The number of hydrogen-bond acceptors (Lipinski definition) is 7. The third kappa shape index (κ3) is 5.43. The molecular weight excluding hydrogens is 430 g/mol. The van der Waals surface area contributed by atoms with Crippen molar-refractivity contribution in [1.29, 1.82) is 0 Å². The average Bonchev–Trinajstić information content (AvgIpc) is 2.85. The highest BCUT2D eigenvalue weighted by molar-refractivity contribution is 5.97. The highest BCUT2D eigenvalue weighted by Gasteiger charge is 2.19. The van der Waals surface area contributed by atoms with Gasteiger partial charge in [-0.15, -0.1) is 0 Å². The summed E-state index contributed by atoms with van der Waals surface area (Å²) < 4.78 is 0. The molecular formula is C25H29N7O2. The van der Waals surface area contributed by atoms with Crippen molar-refractivity contribution in [3.63, 3.8) is 0 Å². The van der Waals surface area contributed by atoms with E-state index in [1.807, 2.05) is 66.4 Å². The molecule has 34 heavy (non-hydrogen) atoms. The van der Waals surface area contributed by atoms with Gasteiger partial charge in [-0.05, 0) is 36.8 Å². The van der Waals surface area contributed by atoms with Crippen LogP contribution in [0.15, 0.2) is 60.8 Å². The number of rotatable bonds is 7. The lowest BCUT2D eigenvalue weighted by Gasteiger charge is -2.35. The highest BCUT2D eigenvalue weighted by Crippen LogP contribution is 2.24. The van der Waals surface area contributed by atoms with Gasteiger partial charge in [-0.25, -0.2) is 4.98 Å². The molecule has 176 valence electrons. The van der Waals surface area contributed by atoms with Crippen LogP contribution in [0.1, 0.15) is 35.8 Å². The summed E-state index contributed by atoms with van der Waals surface area (Å²) in [6.07, 6.45) is 1.43. The van der Waals surface area contributed by atoms with E-state index in [9.17, 15) is 9.59 Å². The monoisotopic (exact) mass is 459 g/mol. The number of nitrogens with one attached hydrogen (secondary N) is 2. The number of aromatic nitrogens is 2. The molecule has 4 rings (SSSR count). The van der Waals surface area contributed by atoms with Gasteiger partial charge >= 0.3 is 0 Å². The maximum absolute atomic E-state index is 11.9. The number of nitrogens with two attached hydrogens (primary N) is 1. The van der Waals surface area contributed by atoms with Crippen LogP contribution in [-0.2, 0) is 4.79 Å². The second kappa shape index (κ2) is 10.2. The highest BCUT2D eigenvalue weighted by atomic mass is 16.2. The van der Waals surface area contributed by atoms with Crippen molar-refractivity contribution in [2.24, 2.45) is 5.73 Å². The van der Waals surface area contributed by atoms with Crippen molar-refractivity contribution in [2.75, 3.05) is 41.7 Å². The first-order chi connectivity index (χ1) is 16.4. The normalized spacial score (nSPS) is 14.4. The van der Waals surface area contributed by atoms with Crippen LogP contribution >= 0.6 is 0 Å². The second-order valence-corrected chi connectivity index (χ2v) is 8.26. The van der Waals surface area contributed by atoms with Gasteiger partial charge < -0.3 is 26.2 Å². The fourth-order valence-corrected chi connectivity index (χ4v) is 3.93. The standard InChI is InChI=1S/C25H29N7O2/c1-17(19-6-4-3-5-7-19)28-24-22(23(26)34)16-27-25(30-24)29-20-8-10-21(11-9-20)32-14-12-31(13-15-32)18(2)33/h3-11,16-17H,12-15H2,1-2H3,(H2,26,34)(H2,27,28,29,30)/t17-/m1/s1. The van der Waals surface area contributed by atoms with Crippen molar-refractivity contribution in [3.8, 4) is 0 Å². The number of primary amides is 1. The van der Waals surface area contributed by atoms with E-state index in [2.05, 4.69) is 25.5 Å². The summed E-state index contributed by atoms with van der Waals surface area (Å²) in [4.78, 5) is 36.3. The molecule has 3 aromatic rings. The van der Waals surface area contributed by atoms with Crippen LogP contribution in [0, 0.1) is 0 Å². The number of benzene rings is 2. The minimum Gasteiger partial charge on any atom is -0.368 e. The molecule has 1 aromatic heterocycles. The number of carbonyl (C=O) groups excluding carboxylic acids is 2. The zero-order valence-electron chi connectivity index (χ0n) is 19.4. The predicted octanol–water partition coefficient (Wildman–Crippen LogP) is 3.16. The maximum Gasteiger partial charge on any atom is 0.254 e. The van der Waals surface area contributed by atoms with Gasteiger partial charge in [0.2, 0.25) is 11.9 Å². The van der Waals surface area contributed by atoms with E-state index in [0.717, 1.165) is 43.1 Å². The van der Waals surface area contributed by atoms with Crippen LogP contribution < -0.4 is 21.3 Å². The Labute approximate surface area is 199 Å². The molecule has 9 nitrogen and oxygen atoms in total. The number of nitrogens with zero attached hydrogens (tertiary/aromatic N) is 4. The molecule has 0 radical (unpaired) electrons. The molecule has 1 aliphatic heterocycles. The Morgan fingerprint density at radius 2 is 1.68 bits per heavy atom. The minimum absolute atomic E-state index is 0.0789. The Balaban J connectivity index is 1.46. The average molecular weight is 460 g/mol. The van der Waals surface area contributed by atoms with Crippen molar-refractivity contribution in [3.05, 3.63) is 71.9 Å². The predicted molar refractivity (Wildman–Crippen MR) is 133 cm³/mol. The number of anilines is 4. The van der Waals surface area contributed by atoms with Crippen molar-refractivity contribution >= 4 is 35.0 Å². The molecule has 0 bridgehead atoms. The van der Waals surface area contributed by atoms with E-state index in [0.29, 0.717) is 11.8 Å². The van der Waals surface area contributed by atoms with Gasteiger partial charge in [0.05, 0.1) is 5.56 Å². The fourth-order valence-electron chi connectivity index (χ4n) is 3.93. The lowest BCUT2D eigenvalue weighted by molar-refractivity contribution is -0.129. The molecule has 1 atom stereocenters. The SMILES string of the molecule is CC(=O)N1CCN(c2ccc(Nc3ncc(C(N)=O)c(N[C@H](C)c4ccccc4)n3)cc2)CC1. The Morgan fingerprint density at radius 3 is 2.29 bits per heavy atom. The lowest BCUT2D eigenvalue weighted by atomic mass is 10.1. The molecule has 2 aromatic carbocycles. The summed E-state index contributed by atoms with van der Waals surface area (Å²) in [5, 5.41) is 6.46. The van der Waals surface area contributed by atoms with Gasteiger partial charge in [-0.2, -0.15) is 4.98 Å². The largest absolute Gasteiger partial charge is 0.368 e. The maximum atomic E-state index is 11.9. The molecule has 0 saturated carbocycles. The Bertz CT molecular complexity index is 1140. The first kappa shape index (κ1) is 23.0. The van der Waals surface area contributed by atoms with Gasteiger partial charge in [0.15, 0.2) is 0 Å². The molecule has 0 unspecified atom stereocenters. The quantitative estimate of drug-likeness (QED) is 0.497. The number of carbonyl (C=O) groups is 2. The van der Waals surface area contributed by atoms with Crippen LogP contribution in [0.25, 0.3) is 0 Å². The van der Waals surface area contributed by atoms with Crippen LogP contribution in [0.2, 0.25) is 0 Å². The molecule has 0 aliphatic carbocycles. The van der Waals surface area contributed by atoms with Crippen molar-refractivity contribution in [2.45, 2.75) is 19.9 Å².